The molecule has 0 amide bonds. The molecule has 2 heterocycles. The number of hydrogen-bond acceptors (Lipinski definition) is 4. The zero-order chi connectivity index (χ0) is 18.9. The van der Waals surface area contributed by atoms with Crippen molar-refractivity contribution in [3.63, 3.8) is 0 Å². The number of fused-ring (bicyclic) bond motifs is 1. The van der Waals surface area contributed by atoms with Crippen molar-refractivity contribution in [2.45, 2.75) is 18.4 Å². The van der Waals surface area contributed by atoms with Gasteiger partial charge in [0, 0.05) is 37.6 Å². The average Bonchev–Trinajstić information content (AvgIpc) is 2.69. The summed E-state index contributed by atoms with van der Waals surface area (Å²) >= 11 is 0. The monoisotopic (exact) mass is 365 g/mol. The minimum absolute atomic E-state index is 0.0791. The van der Waals surface area contributed by atoms with E-state index in [1.807, 2.05) is 41.3 Å². The number of carboxylic acid groups (broad SMARTS) is 1. The van der Waals surface area contributed by atoms with Crippen LogP contribution in [0.25, 0.3) is 5.57 Å². The standard InChI is InChI=1S/C22H23NO4/c1-26-17-7-8-18-19(16-5-3-2-4-6-16)14-22(27-20(18)13-17)9-11-23(12-10-22)15-21(24)25/h2-8,13-14H,9-12,15H2,1H3,(H,24,25). The molecule has 0 saturated carbocycles. The van der Waals surface area contributed by atoms with Crippen LogP contribution in [0.5, 0.6) is 11.5 Å². The van der Waals surface area contributed by atoms with Crippen LogP contribution in [0.15, 0.2) is 54.6 Å². The molecule has 0 bridgehead atoms. The topological polar surface area (TPSA) is 59.0 Å². The molecule has 1 saturated heterocycles. The highest BCUT2D eigenvalue weighted by atomic mass is 16.5. The lowest BCUT2D eigenvalue weighted by atomic mass is 9.83. The van der Waals surface area contributed by atoms with Gasteiger partial charge in [-0.1, -0.05) is 30.3 Å². The lowest BCUT2D eigenvalue weighted by Gasteiger charge is -2.42. The maximum atomic E-state index is 11.0. The predicted octanol–water partition coefficient (Wildman–Crippen LogP) is 3.44. The van der Waals surface area contributed by atoms with Gasteiger partial charge in [-0.2, -0.15) is 0 Å². The normalized spacial score (nSPS) is 18.3. The Bertz CT molecular complexity index is 867. The van der Waals surface area contributed by atoms with Crippen molar-refractivity contribution in [3.05, 3.63) is 65.7 Å². The van der Waals surface area contributed by atoms with E-state index in [-0.39, 0.29) is 6.54 Å². The van der Waals surface area contributed by atoms with Gasteiger partial charge < -0.3 is 14.6 Å². The molecule has 0 unspecified atom stereocenters. The highest BCUT2D eigenvalue weighted by molar-refractivity contribution is 5.85. The molecule has 27 heavy (non-hydrogen) atoms. The van der Waals surface area contributed by atoms with Crippen molar-refractivity contribution in [1.82, 2.24) is 4.90 Å². The Balaban J connectivity index is 1.71. The minimum Gasteiger partial charge on any atom is -0.497 e. The molecule has 0 radical (unpaired) electrons. The van der Waals surface area contributed by atoms with Crippen molar-refractivity contribution in [2.75, 3.05) is 26.7 Å². The van der Waals surface area contributed by atoms with Gasteiger partial charge in [-0.05, 0) is 29.3 Å². The molecule has 2 aromatic carbocycles. The summed E-state index contributed by atoms with van der Waals surface area (Å²) in [6.07, 6.45) is 3.75. The van der Waals surface area contributed by atoms with Crippen LogP contribution < -0.4 is 9.47 Å². The smallest absolute Gasteiger partial charge is 0.317 e. The molecule has 1 N–H and O–H groups in total. The first-order valence-electron chi connectivity index (χ1n) is 9.18. The summed E-state index contributed by atoms with van der Waals surface area (Å²) in [5, 5.41) is 9.05. The largest absolute Gasteiger partial charge is 0.497 e. The van der Waals surface area contributed by atoms with E-state index in [1.165, 1.54) is 0 Å². The molecule has 5 heteroatoms. The van der Waals surface area contributed by atoms with Crippen molar-refractivity contribution in [3.8, 4) is 11.5 Å². The van der Waals surface area contributed by atoms with Crippen LogP contribution in [0.4, 0.5) is 0 Å². The average molecular weight is 365 g/mol. The zero-order valence-corrected chi connectivity index (χ0v) is 15.4. The van der Waals surface area contributed by atoms with E-state index >= 15 is 0 Å². The third kappa shape index (κ3) is 3.55. The fraction of sp³-hybridized carbons (Fsp3) is 0.318. The van der Waals surface area contributed by atoms with Gasteiger partial charge in [0.25, 0.3) is 0 Å². The fourth-order valence-corrected chi connectivity index (χ4v) is 3.91. The highest BCUT2D eigenvalue weighted by Crippen LogP contribution is 2.44. The van der Waals surface area contributed by atoms with Crippen LogP contribution in [0, 0.1) is 0 Å². The van der Waals surface area contributed by atoms with E-state index in [0.717, 1.165) is 41.0 Å². The van der Waals surface area contributed by atoms with Crippen molar-refractivity contribution in [2.24, 2.45) is 0 Å². The molecule has 2 aromatic rings. The van der Waals surface area contributed by atoms with Crippen LogP contribution in [0.3, 0.4) is 0 Å². The summed E-state index contributed by atoms with van der Waals surface area (Å²) < 4.78 is 11.9. The lowest BCUT2D eigenvalue weighted by molar-refractivity contribution is -0.139. The van der Waals surface area contributed by atoms with Crippen LogP contribution in [-0.4, -0.2) is 48.3 Å². The van der Waals surface area contributed by atoms with Gasteiger partial charge in [0.2, 0.25) is 0 Å². The van der Waals surface area contributed by atoms with E-state index < -0.39 is 11.6 Å². The Morgan fingerprint density at radius 2 is 1.93 bits per heavy atom. The Morgan fingerprint density at radius 3 is 2.59 bits per heavy atom. The van der Waals surface area contributed by atoms with E-state index in [2.05, 4.69) is 18.2 Å². The SMILES string of the molecule is COc1ccc2c(c1)OC1(C=C2c2ccccc2)CCN(CC(=O)O)CC1. The summed E-state index contributed by atoms with van der Waals surface area (Å²) in [7, 11) is 1.65. The van der Waals surface area contributed by atoms with Crippen LogP contribution >= 0.6 is 0 Å². The number of aliphatic carboxylic acids is 1. The first-order chi connectivity index (χ1) is 13.1. The molecular weight excluding hydrogens is 342 g/mol. The molecule has 0 atom stereocenters. The number of benzene rings is 2. The number of ether oxygens (including phenoxy) is 2. The second kappa shape index (κ2) is 7.08. The van der Waals surface area contributed by atoms with E-state index in [4.69, 9.17) is 14.6 Å². The summed E-state index contributed by atoms with van der Waals surface area (Å²) in [5.41, 5.74) is 2.95. The van der Waals surface area contributed by atoms with Crippen LogP contribution in [0.2, 0.25) is 0 Å². The first-order valence-corrected chi connectivity index (χ1v) is 9.18. The lowest BCUT2D eigenvalue weighted by Crippen LogP contribution is -2.49. The molecule has 2 aliphatic heterocycles. The Labute approximate surface area is 158 Å². The number of carboxylic acids is 1. The summed E-state index contributed by atoms with van der Waals surface area (Å²) in [4.78, 5) is 13.0. The van der Waals surface area contributed by atoms with Crippen LogP contribution in [-0.2, 0) is 4.79 Å². The number of rotatable bonds is 4. The van der Waals surface area contributed by atoms with Gasteiger partial charge in [0.05, 0.1) is 13.7 Å². The van der Waals surface area contributed by atoms with E-state index in [1.54, 1.807) is 7.11 Å². The number of carbonyl (C=O) groups is 1. The number of nitrogens with zero attached hydrogens (tertiary/aromatic N) is 1. The Kier molecular flexibility index (Phi) is 4.62. The summed E-state index contributed by atoms with van der Waals surface area (Å²) in [6, 6.07) is 16.2. The fourth-order valence-electron chi connectivity index (χ4n) is 3.91. The molecule has 0 aliphatic carbocycles. The van der Waals surface area contributed by atoms with Gasteiger partial charge >= 0.3 is 5.97 Å². The molecule has 5 nitrogen and oxygen atoms in total. The maximum Gasteiger partial charge on any atom is 0.317 e. The second-order valence-electron chi connectivity index (χ2n) is 7.12. The second-order valence-corrected chi connectivity index (χ2v) is 7.12. The third-order valence-electron chi connectivity index (χ3n) is 5.35. The van der Waals surface area contributed by atoms with Crippen molar-refractivity contribution >= 4 is 11.5 Å². The van der Waals surface area contributed by atoms with E-state index in [0.29, 0.717) is 13.1 Å². The van der Waals surface area contributed by atoms with Gasteiger partial charge in [-0.15, -0.1) is 0 Å². The first kappa shape index (κ1) is 17.6. The van der Waals surface area contributed by atoms with E-state index in [9.17, 15) is 4.79 Å². The maximum absolute atomic E-state index is 11.0. The number of methoxy groups -OCH3 is 1. The molecular formula is C22H23NO4. The number of hydrogen-bond donors (Lipinski definition) is 1. The Hall–Kier alpha value is -2.79. The van der Waals surface area contributed by atoms with Crippen LogP contribution in [0.1, 0.15) is 24.0 Å². The Morgan fingerprint density at radius 1 is 1.19 bits per heavy atom. The summed E-state index contributed by atoms with van der Waals surface area (Å²) in [5.74, 6) is 0.801. The highest BCUT2D eigenvalue weighted by Gasteiger charge is 2.39. The molecule has 1 fully saturated rings. The molecule has 0 aromatic heterocycles. The number of piperidine rings is 1. The molecule has 140 valence electrons. The van der Waals surface area contributed by atoms with Crippen molar-refractivity contribution < 1.29 is 19.4 Å². The molecule has 2 aliphatic rings. The van der Waals surface area contributed by atoms with Gasteiger partial charge in [-0.25, -0.2) is 0 Å². The summed E-state index contributed by atoms with van der Waals surface area (Å²) in [6.45, 7) is 1.48. The molecule has 1 spiro atoms. The van der Waals surface area contributed by atoms with Gasteiger partial charge in [0.1, 0.15) is 17.1 Å². The van der Waals surface area contributed by atoms with Gasteiger partial charge in [0.15, 0.2) is 0 Å². The minimum atomic E-state index is -0.786. The predicted molar refractivity (Wildman–Crippen MR) is 103 cm³/mol. The quantitative estimate of drug-likeness (QED) is 0.899. The number of likely N-dealkylation sites (tertiary alicyclic amines) is 1. The zero-order valence-electron chi connectivity index (χ0n) is 15.4. The third-order valence-corrected chi connectivity index (χ3v) is 5.35. The van der Waals surface area contributed by atoms with Crippen molar-refractivity contribution in [1.29, 1.82) is 0 Å². The van der Waals surface area contributed by atoms with Gasteiger partial charge in [-0.3, -0.25) is 9.69 Å². The molecule has 4 rings (SSSR count).